The van der Waals surface area contributed by atoms with E-state index in [0.717, 1.165) is 0 Å². The second kappa shape index (κ2) is 44.8. The Morgan fingerprint density at radius 3 is 1.28 bits per heavy atom. The third kappa shape index (κ3) is 191. The molecule has 0 radical (unpaired) electrons. The van der Waals surface area contributed by atoms with Crippen molar-refractivity contribution in [1.29, 1.82) is 0 Å². The molecule has 0 rings (SSSR count). The van der Waals surface area contributed by atoms with Crippen LogP contribution < -0.4 is 5.26 Å². The van der Waals surface area contributed by atoms with Gasteiger partial charge in [-0.2, -0.15) is 9.90 Å². The summed E-state index contributed by atoms with van der Waals surface area (Å²) in [7, 11) is -7.26. The maximum atomic E-state index is 9.81. The average molecular weight is 522 g/mol. The molecule has 25 heavy (non-hydrogen) atoms. The van der Waals surface area contributed by atoms with E-state index in [1.165, 1.54) is 0 Å². The zero-order valence-corrected chi connectivity index (χ0v) is 19.9. The van der Waals surface area contributed by atoms with Crippen molar-refractivity contribution >= 4 is 69.6 Å². The molecular weight excluding hydrogens is 484 g/mol. The second-order valence-corrected chi connectivity index (χ2v) is 4.21. The van der Waals surface area contributed by atoms with E-state index >= 15 is 0 Å². The lowest BCUT2D eigenvalue weighted by molar-refractivity contribution is -0.886. The summed E-state index contributed by atoms with van der Waals surface area (Å²) in [6.45, 7) is 2.03. The van der Waals surface area contributed by atoms with Crippen LogP contribution in [0.5, 0.6) is 0 Å². The van der Waals surface area contributed by atoms with Crippen LogP contribution in [0.3, 0.4) is 0 Å². The summed E-state index contributed by atoms with van der Waals surface area (Å²) in [6.07, 6.45) is 0. The minimum Gasteiger partial charge on any atom is -0.746 e. The fourth-order valence-electron chi connectivity index (χ4n) is 0.0680. The van der Waals surface area contributed by atoms with Crippen LogP contribution >= 0.6 is 38.9 Å². The lowest BCUT2D eigenvalue weighted by Crippen LogP contribution is -2.09. The third-order valence-electron chi connectivity index (χ3n) is 0.194. The monoisotopic (exact) mass is 522 g/mol. The molecule has 0 fully saturated rings. The predicted octanol–water partition coefficient (Wildman–Crippen LogP) is -0.156. The maximum Gasteiger partial charge on any atom is 0.215 e. The van der Waals surface area contributed by atoms with Gasteiger partial charge in [-0.25, -0.2) is 12.6 Å². The van der Waals surface area contributed by atoms with E-state index < -0.39 is 19.5 Å². The number of hydrogen-bond acceptors (Lipinski definition) is 12. The third-order valence-corrected chi connectivity index (χ3v) is 0.583. The van der Waals surface area contributed by atoms with Crippen molar-refractivity contribution in [3.8, 4) is 0 Å². The van der Waals surface area contributed by atoms with Crippen LogP contribution in [-0.4, -0.2) is 32.9 Å². The molecule has 19 heteroatoms. The normalized spacial score (nSPS) is 9.32. The summed E-state index contributed by atoms with van der Waals surface area (Å²) in [5.41, 5.74) is 0. The molecule has 5 atom stereocenters. The Bertz CT molecular complexity index is 344. The van der Waals surface area contributed by atoms with Crippen molar-refractivity contribution in [2.45, 2.75) is 37.1 Å². The van der Waals surface area contributed by atoms with E-state index in [1.807, 2.05) is 15.9 Å². The van der Waals surface area contributed by atoms with Gasteiger partial charge in [-0.15, -0.1) is 4.33 Å². The predicted molar refractivity (Wildman–Crippen MR) is 121 cm³/mol. The van der Waals surface area contributed by atoms with Gasteiger partial charge >= 0.3 is 0 Å². The summed E-state index contributed by atoms with van der Waals surface area (Å²) >= 11 is 3.60. The van der Waals surface area contributed by atoms with E-state index in [0.29, 0.717) is 0 Å². The summed E-state index contributed by atoms with van der Waals surface area (Å²) < 4.78 is 55.7. The van der Waals surface area contributed by atoms with Crippen LogP contribution in [0.25, 0.3) is 0 Å². The topological polar surface area (TPSA) is 187 Å². The zero-order chi connectivity index (χ0) is 14.5. The Morgan fingerprint density at radius 1 is 0.880 bits per heavy atom. The van der Waals surface area contributed by atoms with Gasteiger partial charge in [0.2, 0.25) is 10.4 Å². The first-order chi connectivity index (χ1) is 7.56. The molecule has 0 aliphatic rings. The lowest BCUT2D eigenvalue weighted by Gasteiger charge is -2.06. The molecule has 12 nitrogen and oxygen atoms in total. The average Bonchev–Trinajstić information content (AvgIpc) is 2.12. The molecule has 1 N–H and O–H groups in total. The molecule has 0 aromatic carbocycles. The zero-order valence-electron chi connectivity index (χ0n) is 10.6. The minimum atomic E-state index is -4.92. The van der Waals surface area contributed by atoms with Gasteiger partial charge in [0.05, 0.1) is 0 Å². The van der Waals surface area contributed by atoms with Crippen LogP contribution in [-0.2, 0) is 55.1 Å². The molecule has 0 spiro atoms. The van der Waals surface area contributed by atoms with Gasteiger partial charge in [0, 0.05) is 6.66 Å². The van der Waals surface area contributed by atoms with E-state index in [2.05, 4.69) is 35.7 Å². The van der Waals surface area contributed by atoms with Gasteiger partial charge in [0.1, 0.15) is 9.05 Å². The van der Waals surface area contributed by atoms with Crippen LogP contribution in [0.15, 0.2) is 0 Å². The standard InChI is InChI=1S/CH5P.5CH4.H2O8S2.H2O4S.3H3P/c1-2;;;;;;1-4-5-6-7-8-10(2,3)9;1-5(2,3)4;;;/h2H2,1H3;5*1H4;1H,(H,2,3,9);(H2,1,2,3,4);3*1H3. The lowest BCUT2D eigenvalue weighted by atomic mass is 12.0. The van der Waals surface area contributed by atoms with Crippen molar-refractivity contribution in [3.05, 3.63) is 0 Å². The SMILES string of the molecule is C.C.C.C.C.C[PH3+].O=S(=O)([O-])O.O=S([O-])(=S)OOOOO[O-].P.[PH4+].[PH4+]. The van der Waals surface area contributed by atoms with Crippen molar-refractivity contribution < 1.29 is 56.0 Å². The fraction of sp³-hybridized carbons (Fsp3) is 1.00. The highest BCUT2D eigenvalue weighted by atomic mass is 32.9. The van der Waals surface area contributed by atoms with E-state index in [-0.39, 0.29) is 66.8 Å². The van der Waals surface area contributed by atoms with Gasteiger partial charge in [-0.05, 0) is 55.3 Å². The van der Waals surface area contributed by atoms with Crippen LogP contribution in [0.2, 0.25) is 0 Å². The van der Waals surface area contributed by atoms with Crippen molar-refractivity contribution in [2.75, 3.05) is 6.66 Å². The van der Waals surface area contributed by atoms with Gasteiger partial charge in [-0.1, -0.05) is 37.1 Å². The van der Waals surface area contributed by atoms with E-state index in [9.17, 15) is 8.76 Å². The molecule has 0 aromatic rings. The largest absolute Gasteiger partial charge is 0.746 e. The van der Waals surface area contributed by atoms with E-state index in [4.69, 9.17) is 22.8 Å². The Labute approximate surface area is 169 Å². The highest BCUT2D eigenvalue weighted by Gasteiger charge is 1.91. The first-order valence-corrected chi connectivity index (χ1v) is 8.00. The number of hydrogen-bond donors (Lipinski definition) is 1. The highest BCUT2D eigenvalue weighted by molar-refractivity contribution is 8.26. The van der Waals surface area contributed by atoms with Crippen LogP contribution in [0, 0.1) is 0 Å². The highest BCUT2D eigenvalue weighted by Crippen LogP contribution is 1.89. The molecule has 0 bridgehead atoms. The Hall–Kier alpha value is 1.68. The van der Waals surface area contributed by atoms with Gasteiger partial charge in [0.15, 0.2) is 0 Å². The molecular formula is C6H38O12P4S3. The second-order valence-electron chi connectivity index (χ2n) is 1.18. The van der Waals surface area contributed by atoms with Gasteiger partial charge in [-0.3, -0.25) is 9.59 Å². The van der Waals surface area contributed by atoms with Gasteiger partial charge < -0.3 is 14.4 Å². The van der Waals surface area contributed by atoms with Crippen LogP contribution in [0.1, 0.15) is 37.1 Å². The van der Waals surface area contributed by atoms with Crippen LogP contribution in [0.4, 0.5) is 0 Å². The maximum absolute atomic E-state index is 9.81. The molecule has 0 aromatic heterocycles. The minimum absolute atomic E-state index is 0. The summed E-state index contributed by atoms with van der Waals surface area (Å²) in [5.74, 6) is 0. The first kappa shape index (κ1) is 71.6. The fourth-order valence-corrected chi connectivity index (χ4v) is 0.227. The molecule has 0 heterocycles. The van der Waals surface area contributed by atoms with Crippen molar-refractivity contribution in [2.24, 2.45) is 0 Å². The molecule has 0 amide bonds. The van der Waals surface area contributed by atoms with Crippen molar-refractivity contribution in [3.63, 3.8) is 0 Å². The summed E-state index contributed by atoms with van der Waals surface area (Å²) in [5, 5.41) is 20.8. The Morgan fingerprint density at radius 2 is 1.12 bits per heavy atom. The molecule has 172 valence electrons. The first-order valence-electron chi connectivity index (χ1n) is 2.89. The number of rotatable bonds is 5. The molecule has 0 aliphatic heterocycles. The molecule has 0 aliphatic carbocycles. The quantitative estimate of drug-likeness (QED) is 0.125. The van der Waals surface area contributed by atoms with Crippen molar-refractivity contribution in [1.82, 2.24) is 0 Å². The molecule has 5 unspecified atom stereocenters. The smallest absolute Gasteiger partial charge is 0.215 e. The molecule has 0 saturated heterocycles. The Balaban J connectivity index is -0.0000000131. The summed E-state index contributed by atoms with van der Waals surface area (Å²) in [4.78, 5) is 0. The Kier molecular flexibility index (Phi) is 128. The molecule has 0 saturated carbocycles. The van der Waals surface area contributed by atoms with Gasteiger partial charge in [0.25, 0.3) is 0 Å². The summed E-state index contributed by atoms with van der Waals surface area (Å²) in [6, 6.07) is 0. The van der Waals surface area contributed by atoms with E-state index in [1.54, 1.807) is 0 Å².